The van der Waals surface area contributed by atoms with Crippen LogP contribution in [0.4, 0.5) is 119 Å². The Morgan fingerprint density at radius 1 is 0.280 bits per heavy atom. The van der Waals surface area contributed by atoms with E-state index in [1.165, 1.54) is 0 Å². The third-order valence-electron chi connectivity index (χ3n) is 6.53. The minimum Gasteiger partial charge on any atom is -0.287 e. The average molecular weight is 836 g/mol. The van der Waals surface area contributed by atoms with Crippen molar-refractivity contribution < 1.29 is 137 Å². The van der Waals surface area contributed by atoms with Gasteiger partial charge in [-0.1, -0.05) is 0 Å². The molecule has 0 rings (SSSR count). The van der Waals surface area contributed by atoms with Crippen LogP contribution in [0.3, 0.4) is 0 Å². The second kappa shape index (κ2) is 13.9. The van der Waals surface area contributed by atoms with Gasteiger partial charge >= 0.3 is 63.4 Å². The molecule has 0 bridgehead atoms. The molecule has 302 valence electrons. The van der Waals surface area contributed by atoms with E-state index < -0.39 is 119 Å². The van der Waals surface area contributed by atoms with Crippen LogP contribution in [0.5, 0.6) is 0 Å². The summed E-state index contributed by atoms with van der Waals surface area (Å²) in [6.07, 6.45) is -78.9. The lowest BCUT2D eigenvalue weighted by atomic mass is 9.82. The number of phosphoric acid groups is 1. The lowest BCUT2D eigenvalue weighted by Crippen LogP contribution is -2.60. The molecule has 0 aromatic carbocycles. The molecule has 0 radical (unpaired) electrons. The molecule has 0 aliphatic heterocycles. The summed E-state index contributed by atoms with van der Waals surface area (Å²) in [5, 5.41) is 0. The molecule has 32 heteroatoms. The van der Waals surface area contributed by atoms with Gasteiger partial charge in [-0.3, -0.25) is 13.6 Å². The summed E-state index contributed by atoms with van der Waals surface area (Å²) in [5.74, 6) is 0. The molecule has 0 aromatic rings. The van der Waals surface area contributed by atoms with Crippen molar-refractivity contribution in [2.45, 2.75) is 74.8 Å². The van der Waals surface area contributed by atoms with Crippen molar-refractivity contribution >= 4 is 7.82 Å². The standard InChI is InChI=1S/C18H12F27O4P/c19-10(20,21)7(11(22,23)24,12(25,26)27)1-4-47-50(46,48-5-2-8(13(28,29)30,14(31,32)33)15(34,35)36)49-6-3-9(16(37,38)39,17(40,41)42)18(43,44)45/h1-6H2. The van der Waals surface area contributed by atoms with Gasteiger partial charge in [0.2, 0.25) is 0 Å². The van der Waals surface area contributed by atoms with E-state index in [0.717, 1.165) is 0 Å². The van der Waals surface area contributed by atoms with Crippen LogP contribution in [-0.4, -0.2) is 75.4 Å². The molecule has 0 atom stereocenters. The van der Waals surface area contributed by atoms with E-state index in [1.807, 2.05) is 0 Å². The molecule has 50 heavy (non-hydrogen) atoms. The Kier molecular flexibility index (Phi) is 13.4. The van der Waals surface area contributed by atoms with Gasteiger partial charge < -0.3 is 0 Å². The lowest BCUT2D eigenvalue weighted by Gasteiger charge is -2.39. The number of hydrogen-bond acceptors (Lipinski definition) is 4. The van der Waals surface area contributed by atoms with Crippen molar-refractivity contribution in [2.75, 3.05) is 19.8 Å². The molecule has 0 aliphatic rings. The molecule has 0 amide bonds. The van der Waals surface area contributed by atoms with Crippen LogP contribution in [0, 0.1) is 16.2 Å². The highest BCUT2D eigenvalue weighted by Crippen LogP contribution is 2.65. The molecule has 0 saturated heterocycles. The fraction of sp³-hybridized carbons (Fsp3) is 1.00. The summed E-state index contributed by atoms with van der Waals surface area (Å²) in [7, 11) is -7.25. The zero-order valence-electron chi connectivity index (χ0n) is 22.5. The van der Waals surface area contributed by atoms with Crippen LogP contribution in [0.15, 0.2) is 0 Å². The smallest absolute Gasteiger partial charge is 0.287 e. The monoisotopic (exact) mass is 836 g/mol. The zero-order chi connectivity index (χ0) is 40.9. The van der Waals surface area contributed by atoms with Crippen molar-refractivity contribution in [1.29, 1.82) is 0 Å². The fourth-order valence-corrected chi connectivity index (χ4v) is 4.93. The number of halogens is 27. The molecule has 0 saturated carbocycles. The first-order valence-corrected chi connectivity index (χ1v) is 13.0. The van der Waals surface area contributed by atoms with E-state index in [1.54, 1.807) is 0 Å². The first-order chi connectivity index (χ1) is 21.4. The second-order valence-corrected chi connectivity index (χ2v) is 11.1. The highest BCUT2D eigenvalue weighted by molar-refractivity contribution is 7.48. The predicted octanol–water partition coefficient (Wildman–Crippen LogP) is 11.3. The minimum atomic E-state index is -7.53. The summed E-state index contributed by atoms with van der Waals surface area (Å²) < 4.78 is 375. The Bertz CT molecular complexity index is 907. The summed E-state index contributed by atoms with van der Waals surface area (Å²) in [6.45, 7) is -9.58. The molecule has 0 fully saturated rings. The number of phosphoric ester groups is 1. The van der Waals surface area contributed by atoms with Crippen LogP contribution in [-0.2, 0) is 18.1 Å². The number of hydrogen-bond donors (Lipinski definition) is 0. The molecular formula is C18H12F27O4P. The van der Waals surface area contributed by atoms with Gasteiger partial charge in [0.25, 0.3) is 16.2 Å². The van der Waals surface area contributed by atoms with Gasteiger partial charge in [-0.05, 0) is 0 Å². The zero-order valence-corrected chi connectivity index (χ0v) is 23.4. The summed E-state index contributed by atoms with van der Waals surface area (Å²) >= 11 is 0. The molecular weight excluding hydrogens is 824 g/mol. The Morgan fingerprint density at radius 2 is 0.400 bits per heavy atom. The van der Waals surface area contributed by atoms with Crippen LogP contribution in [0.25, 0.3) is 0 Å². The molecule has 0 aromatic heterocycles. The fourth-order valence-electron chi connectivity index (χ4n) is 3.77. The summed E-state index contributed by atoms with van der Waals surface area (Å²) in [4.78, 5) is 0. The molecule has 4 nitrogen and oxygen atoms in total. The molecule has 0 heterocycles. The van der Waals surface area contributed by atoms with E-state index in [0.29, 0.717) is 0 Å². The van der Waals surface area contributed by atoms with Gasteiger partial charge in [0.1, 0.15) is 0 Å². The number of alkyl halides is 27. The van der Waals surface area contributed by atoms with Crippen molar-refractivity contribution in [3.05, 3.63) is 0 Å². The van der Waals surface area contributed by atoms with Crippen molar-refractivity contribution in [1.82, 2.24) is 0 Å². The van der Waals surface area contributed by atoms with Crippen LogP contribution in [0.2, 0.25) is 0 Å². The quantitative estimate of drug-likeness (QED) is 0.145. The Labute approximate surface area is 256 Å². The van der Waals surface area contributed by atoms with Gasteiger partial charge in [-0.25, -0.2) is 4.57 Å². The van der Waals surface area contributed by atoms with Gasteiger partial charge in [-0.2, -0.15) is 119 Å². The van der Waals surface area contributed by atoms with E-state index in [2.05, 4.69) is 13.6 Å². The van der Waals surface area contributed by atoms with Gasteiger partial charge in [-0.15, -0.1) is 0 Å². The second-order valence-electron chi connectivity index (χ2n) is 9.39. The van der Waals surface area contributed by atoms with Gasteiger partial charge in [0.05, 0.1) is 19.8 Å². The first kappa shape index (κ1) is 48.2. The van der Waals surface area contributed by atoms with Gasteiger partial charge in [0, 0.05) is 19.3 Å². The molecule has 0 aliphatic carbocycles. The van der Waals surface area contributed by atoms with Crippen LogP contribution in [0.1, 0.15) is 19.3 Å². The van der Waals surface area contributed by atoms with E-state index in [-0.39, 0.29) is 0 Å². The maximum absolute atomic E-state index is 13.1. The van der Waals surface area contributed by atoms with E-state index in [9.17, 15) is 123 Å². The highest BCUT2D eigenvalue weighted by atomic mass is 31.2. The van der Waals surface area contributed by atoms with Crippen molar-refractivity contribution in [2.24, 2.45) is 16.2 Å². The maximum Gasteiger partial charge on any atom is 0.474 e. The van der Waals surface area contributed by atoms with Crippen LogP contribution < -0.4 is 0 Å². The third kappa shape index (κ3) is 8.87. The largest absolute Gasteiger partial charge is 0.474 e. The van der Waals surface area contributed by atoms with Gasteiger partial charge in [0.15, 0.2) is 0 Å². The summed E-state index contributed by atoms with van der Waals surface area (Å²) in [6, 6.07) is 0. The SMILES string of the molecule is O=P(OCCC(C(F)(F)F)(C(F)(F)F)C(F)(F)F)(OCCC(C(F)(F)F)(C(F)(F)F)C(F)(F)F)OCCC(C(F)(F)F)(C(F)(F)F)C(F)(F)F. The maximum atomic E-state index is 13.1. The molecule has 0 N–H and O–H groups in total. The Morgan fingerprint density at radius 3 is 0.500 bits per heavy atom. The normalized spacial score (nSPS) is 16.3. The van der Waals surface area contributed by atoms with Crippen molar-refractivity contribution in [3.8, 4) is 0 Å². The Hall–Kier alpha value is -1.78. The topological polar surface area (TPSA) is 44.8 Å². The third-order valence-corrected chi connectivity index (χ3v) is 8.03. The molecule has 0 unspecified atom stereocenters. The van der Waals surface area contributed by atoms with E-state index in [4.69, 9.17) is 0 Å². The lowest BCUT2D eigenvalue weighted by molar-refractivity contribution is -0.430. The predicted molar refractivity (Wildman–Crippen MR) is 101 cm³/mol. The summed E-state index contributed by atoms with van der Waals surface area (Å²) in [5.41, 5.74) is -21.1. The highest BCUT2D eigenvalue weighted by Gasteiger charge is 2.85. The van der Waals surface area contributed by atoms with Crippen LogP contribution >= 0.6 is 7.82 Å². The van der Waals surface area contributed by atoms with E-state index >= 15 is 0 Å². The van der Waals surface area contributed by atoms with Crippen molar-refractivity contribution in [3.63, 3.8) is 0 Å². The minimum absolute atomic E-state index is 3.19. The average Bonchev–Trinajstić information content (AvgIpc) is 2.74. The molecule has 0 spiro atoms. The number of rotatable bonds is 12. The Balaban J connectivity index is 7.05. The first-order valence-electron chi connectivity index (χ1n) is 11.5.